The van der Waals surface area contributed by atoms with Crippen LogP contribution >= 0.6 is 0 Å². The SMILES string of the molecule is Cc1cc(C(C)NC(=O)O)c2oc(-c3cccc(F)c3F)c(C)c(=O)c2c1. The molecule has 0 aliphatic rings. The molecule has 1 heterocycles. The van der Waals surface area contributed by atoms with Gasteiger partial charge in [-0.3, -0.25) is 4.79 Å². The molecule has 0 bridgehead atoms. The van der Waals surface area contributed by atoms with Gasteiger partial charge in [0.05, 0.1) is 17.0 Å². The van der Waals surface area contributed by atoms with Crippen LogP contribution in [0.3, 0.4) is 0 Å². The molecule has 0 fully saturated rings. The molecule has 0 radical (unpaired) electrons. The second-order valence-electron chi connectivity index (χ2n) is 6.39. The van der Waals surface area contributed by atoms with Crippen molar-refractivity contribution in [2.24, 2.45) is 0 Å². The Hall–Kier alpha value is -3.22. The van der Waals surface area contributed by atoms with Gasteiger partial charge in [-0.2, -0.15) is 0 Å². The van der Waals surface area contributed by atoms with Gasteiger partial charge in [0, 0.05) is 11.1 Å². The molecule has 0 spiro atoms. The summed E-state index contributed by atoms with van der Waals surface area (Å²) in [5, 5.41) is 11.6. The maximum Gasteiger partial charge on any atom is 0.405 e. The van der Waals surface area contributed by atoms with Crippen LogP contribution in [0.1, 0.15) is 29.7 Å². The summed E-state index contributed by atoms with van der Waals surface area (Å²) in [6.45, 7) is 4.85. The third-order valence-electron chi connectivity index (χ3n) is 4.39. The molecular weight excluding hydrogens is 356 g/mol. The number of fused-ring (bicyclic) bond motifs is 1. The largest absolute Gasteiger partial charge is 0.465 e. The molecule has 3 aromatic rings. The molecule has 0 saturated carbocycles. The lowest BCUT2D eigenvalue weighted by Crippen LogP contribution is -2.25. The van der Waals surface area contributed by atoms with Crippen molar-refractivity contribution in [1.29, 1.82) is 0 Å². The molecule has 2 aromatic carbocycles. The van der Waals surface area contributed by atoms with Crippen LogP contribution in [0.4, 0.5) is 13.6 Å². The van der Waals surface area contributed by atoms with Crippen LogP contribution in [0, 0.1) is 25.5 Å². The highest BCUT2D eigenvalue weighted by molar-refractivity contribution is 5.84. The maximum absolute atomic E-state index is 14.3. The van der Waals surface area contributed by atoms with E-state index in [1.807, 2.05) is 0 Å². The summed E-state index contributed by atoms with van der Waals surface area (Å²) < 4.78 is 33.8. The van der Waals surface area contributed by atoms with Crippen LogP contribution in [0.15, 0.2) is 39.5 Å². The van der Waals surface area contributed by atoms with E-state index in [4.69, 9.17) is 9.52 Å². The number of nitrogens with one attached hydrogen (secondary N) is 1. The number of hydrogen-bond acceptors (Lipinski definition) is 3. The molecule has 140 valence electrons. The zero-order chi connectivity index (χ0) is 19.9. The van der Waals surface area contributed by atoms with E-state index in [2.05, 4.69) is 5.32 Å². The molecule has 0 aliphatic carbocycles. The summed E-state index contributed by atoms with van der Waals surface area (Å²) in [5.41, 5.74) is 0.897. The summed E-state index contributed by atoms with van der Waals surface area (Å²) >= 11 is 0. The predicted octanol–water partition coefficient (Wildman–Crippen LogP) is 4.68. The van der Waals surface area contributed by atoms with Gasteiger partial charge in [-0.05, 0) is 44.5 Å². The highest BCUT2D eigenvalue weighted by Crippen LogP contribution is 2.32. The second kappa shape index (κ2) is 6.83. The Morgan fingerprint density at radius 1 is 1.22 bits per heavy atom. The number of carboxylic acid groups (broad SMARTS) is 1. The van der Waals surface area contributed by atoms with Crippen LogP contribution in [0.25, 0.3) is 22.3 Å². The fourth-order valence-corrected chi connectivity index (χ4v) is 3.09. The fourth-order valence-electron chi connectivity index (χ4n) is 3.09. The Morgan fingerprint density at radius 2 is 1.93 bits per heavy atom. The summed E-state index contributed by atoms with van der Waals surface area (Å²) in [6, 6.07) is 6.25. The smallest absolute Gasteiger partial charge is 0.405 e. The molecule has 1 aromatic heterocycles. The van der Waals surface area contributed by atoms with Crippen molar-refractivity contribution in [3.8, 4) is 11.3 Å². The standard InChI is InChI=1S/C20H17F2NO4/c1-9-7-13(11(3)23-20(25)26)19-14(8-9)17(24)10(2)18(27-19)12-5-4-6-15(21)16(12)22/h4-8,11,23H,1-3H3,(H,25,26). The van der Waals surface area contributed by atoms with Crippen molar-refractivity contribution in [3.05, 3.63) is 68.9 Å². The molecule has 1 atom stereocenters. The van der Waals surface area contributed by atoms with E-state index in [9.17, 15) is 18.4 Å². The lowest BCUT2D eigenvalue weighted by Gasteiger charge is -2.16. The highest BCUT2D eigenvalue weighted by atomic mass is 19.2. The van der Waals surface area contributed by atoms with E-state index in [0.717, 1.165) is 11.6 Å². The molecule has 0 aliphatic heterocycles. The minimum absolute atomic E-state index is 0.0860. The molecule has 1 amide bonds. The summed E-state index contributed by atoms with van der Waals surface area (Å²) in [4.78, 5) is 23.9. The quantitative estimate of drug-likeness (QED) is 0.698. The van der Waals surface area contributed by atoms with E-state index >= 15 is 0 Å². The first-order valence-electron chi connectivity index (χ1n) is 8.22. The summed E-state index contributed by atoms with van der Waals surface area (Å²) in [7, 11) is 0. The van der Waals surface area contributed by atoms with Gasteiger partial charge in [0.25, 0.3) is 0 Å². The number of halogens is 2. The van der Waals surface area contributed by atoms with Crippen LogP contribution in [-0.2, 0) is 0 Å². The first-order chi connectivity index (χ1) is 12.7. The Kier molecular flexibility index (Phi) is 4.70. The second-order valence-corrected chi connectivity index (χ2v) is 6.39. The van der Waals surface area contributed by atoms with Gasteiger partial charge < -0.3 is 14.8 Å². The van der Waals surface area contributed by atoms with Gasteiger partial charge in [0.2, 0.25) is 0 Å². The van der Waals surface area contributed by atoms with Gasteiger partial charge in [0.1, 0.15) is 11.3 Å². The van der Waals surface area contributed by atoms with Gasteiger partial charge in [-0.25, -0.2) is 13.6 Å². The zero-order valence-corrected chi connectivity index (χ0v) is 14.9. The molecule has 2 N–H and O–H groups in total. The Bertz CT molecular complexity index is 1120. The first kappa shape index (κ1) is 18.6. The Labute approximate surface area is 153 Å². The van der Waals surface area contributed by atoms with Crippen molar-refractivity contribution < 1.29 is 23.1 Å². The van der Waals surface area contributed by atoms with Crippen molar-refractivity contribution >= 4 is 17.1 Å². The zero-order valence-electron chi connectivity index (χ0n) is 14.9. The molecule has 0 saturated heterocycles. The van der Waals surface area contributed by atoms with E-state index in [1.54, 1.807) is 26.0 Å². The van der Waals surface area contributed by atoms with Crippen molar-refractivity contribution in [1.82, 2.24) is 5.32 Å². The number of aryl methyl sites for hydroxylation is 1. The fraction of sp³-hybridized carbons (Fsp3) is 0.200. The van der Waals surface area contributed by atoms with Gasteiger partial charge in [-0.15, -0.1) is 0 Å². The average molecular weight is 373 g/mol. The van der Waals surface area contributed by atoms with E-state index in [-0.39, 0.29) is 33.3 Å². The lowest BCUT2D eigenvalue weighted by atomic mass is 9.99. The van der Waals surface area contributed by atoms with Crippen molar-refractivity contribution in [2.75, 3.05) is 0 Å². The van der Waals surface area contributed by atoms with Gasteiger partial charge in [0.15, 0.2) is 17.1 Å². The van der Waals surface area contributed by atoms with E-state index in [0.29, 0.717) is 5.56 Å². The minimum atomic E-state index is -1.23. The summed E-state index contributed by atoms with van der Waals surface area (Å²) in [5.74, 6) is -2.26. The number of benzene rings is 2. The topological polar surface area (TPSA) is 79.5 Å². The third kappa shape index (κ3) is 3.28. The number of amides is 1. The van der Waals surface area contributed by atoms with Crippen molar-refractivity contribution in [2.45, 2.75) is 26.8 Å². The lowest BCUT2D eigenvalue weighted by molar-refractivity contribution is 0.191. The minimum Gasteiger partial charge on any atom is -0.465 e. The first-order valence-corrected chi connectivity index (χ1v) is 8.22. The van der Waals surface area contributed by atoms with Crippen molar-refractivity contribution in [3.63, 3.8) is 0 Å². The number of carbonyl (C=O) groups is 1. The number of hydrogen-bond donors (Lipinski definition) is 2. The van der Waals surface area contributed by atoms with E-state index in [1.165, 1.54) is 19.1 Å². The van der Waals surface area contributed by atoms with Gasteiger partial charge >= 0.3 is 6.09 Å². The molecule has 27 heavy (non-hydrogen) atoms. The number of rotatable bonds is 3. The normalized spacial score (nSPS) is 12.2. The third-order valence-corrected chi connectivity index (χ3v) is 4.39. The molecular formula is C20H17F2NO4. The average Bonchev–Trinajstić information content (AvgIpc) is 2.60. The predicted molar refractivity (Wildman–Crippen MR) is 96.9 cm³/mol. The molecule has 1 unspecified atom stereocenters. The van der Waals surface area contributed by atoms with Crippen LogP contribution in [0.2, 0.25) is 0 Å². The molecule has 3 rings (SSSR count). The van der Waals surface area contributed by atoms with Crippen LogP contribution < -0.4 is 10.7 Å². The Balaban J connectivity index is 2.37. The monoisotopic (exact) mass is 373 g/mol. The van der Waals surface area contributed by atoms with Crippen LogP contribution in [-0.4, -0.2) is 11.2 Å². The van der Waals surface area contributed by atoms with E-state index < -0.39 is 23.8 Å². The Morgan fingerprint density at radius 3 is 2.59 bits per heavy atom. The van der Waals surface area contributed by atoms with Crippen LogP contribution in [0.5, 0.6) is 0 Å². The van der Waals surface area contributed by atoms with Gasteiger partial charge in [-0.1, -0.05) is 12.1 Å². The maximum atomic E-state index is 14.3. The molecule has 7 heteroatoms. The summed E-state index contributed by atoms with van der Waals surface area (Å²) in [6.07, 6.45) is -1.23. The molecule has 5 nitrogen and oxygen atoms in total. The highest BCUT2D eigenvalue weighted by Gasteiger charge is 2.21.